The lowest BCUT2D eigenvalue weighted by molar-refractivity contribution is 0.346. The van der Waals surface area contributed by atoms with Gasteiger partial charge in [0.1, 0.15) is 5.75 Å². The molecule has 0 radical (unpaired) electrons. The van der Waals surface area contributed by atoms with E-state index in [0.29, 0.717) is 12.3 Å². The molecule has 2 N–H and O–H groups in total. The second-order valence-corrected chi connectivity index (χ2v) is 6.19. The fourth-order valence-electron chi connectivity index (χ4n) is 2.56. The van der Waals surface area contributed by atoms with Crippen LogP contribution < -0.4 is 10.5 Å². The summed E-state index contributed by atoms with van der Waals surface area (Å²) in [6.45, 7) is 0.677. The molecule has 0 bridgehead atoms. The zero-order chi connectivity index (χ0) is 13.8. The Balaban J connectivity index is 1.49. The van der Waals surface area contributed by atoms with Gasteiger partial charge in [0, 0.05) is 10.6 Å². The number of anilines is 1. The van der Waals surface area contributed by atoms with Crippen LogP contribution in [0.25, 0.3) is 0 Å². The Morgan fingerprint density at radius 3 is 2.80 bits per heavy atom. The lowest BCUT2D eigenvalue weighted by atomic mass is 10.1. The Bertz CT molecular complexity index is 597. The van der Waals surface area contributed by atoms with Crippen LogP contribution in [0, 0.1) is 0 Å². The summed E-state index contributed by atoms with van der Waals surface area (Å²) in [7, 11) is 0. The van der Waals surface area contributed by atoms with Crippen LogP contribution >= 0.6 is 11.8 Å². The number of para-hydroxylation sites is 2. The zero-order valence-corrected chi connectivity index (χ0v) is 12.3. The van der Waals surface area contributed by atoms with E-state index in [-0.39, 0.29) is 0 Å². The molecule has 2 nitrogen and oxygen atoms in total. The Labute approximate surface area is 124 Å². The first kappa shape index (κ1) is 13.4. The number of fused-ring (bicyclic) bond motifs is 1. The van der Waals surface area contributed by atoms with Crippen molar-refractivity contribution in [3.8, 4) is 5.75 Å². The van der Waals surface area contributed by atoms with Crippen LogP contribution in [0.4, 0.5) is 5.69 Å². The van der Waals surface area contributed by atoms with Gasteiger partial charge in [-0.3, -0.25) is 0 Å². The number of benzene rings is 2. The first-order chi connectivity index (χ1) is 9.83. The Hall–Kier alpha value is -1.61. The van der Waals surface area contributed by atoms with Crippen molar-refractivity contribution in [2.75, 3.05) is 18.1 Å². The summed E-state index contributed by atoms with van der Waals surface area (Å²) in [5, 5.41) is 0. The molecule has 0 aliphatic heterocycles. The summed E-state index contributed by atoms with van der Waals surface area (Å²) in [6.07, 6.45) is 3.79. The fourth-order valence-corrected chi connectivity index (χ4v) is 3.35. The second kappa shape index (κ2) is 6.23. The molecule has 3 rings (SSSR count). The van der Waals surface area contributed by atoms with E-state index in [1.54, 1.807) is 0 Å². The number of nitrogen functional groups attached to an aromatic ring is 1. The average molecular weight is 285 g/mol. The molecule has 104 valence electrons. The molecule has 0 unspecified atom stereocenters. The summed E-state index contributed by atoms with van der Waals surface area (Å²) in [6, 6.07) is 14.5. The summed E-state index contributed by atoms with van der Waals surface area (Å²) in [5.41, 5.74) is 9.61. The first-order valence-electron chi connectivity index (χ1n) is 7.05. The van der Waals surface area contributed by atoms with Crippen LogP contribution in [0.5, 0.6) is 5.75 Å². The van der Waals surface area contributed by atoms with Crippen molar-refractivity contribution in [1.82, 2.24) is 0 Å². The number of ether oxygens (including phenoxy) is 1. The number of aryl methyl sites for hydroxylation is 2. The van der Waals surface area contributed by atoms with Gasteiger partial charge in [-0.25, -0.2) is 0 Å². The first-order valence-corrected chi connectivity index (χ1v) is 8.03. The summed E-state index contributed by atoms with van der Waals surface area (Å²) in [5.74, 6) is 1.72. The summed E-state index contributed by atoms with van der Waals surface area (Å²) < 4.78 is 5.71. The van der Waals surface area contributed by atoms with Crippen LogP contribution in [0.2, 0.25) is 0 Å². The minimum absolute atomic E-state index is 0.677. The highest BCUT2D eigenvalue weighted by Gasteiger charge is 2.10. The van der Waals surface area contributed by atoms with Crippen LogP contribution in [0.15, 0.2) is 47.4 Å². The van der Waals surface area contributed by atoms with Gasteiger partial charge >= 0.3 is 0 Å². The van der Waals surface area contributed by atoms with Gasteiger partial charge < -0.3 is 10.5 Å². The van der Waals surface area contributed by atoms with E-state index < -0.39 is 0 Å². The third kappa shape index (κ3) is 3.10. The highest BCUT2D eigenvalue weighted by Crippen LogP contribution is 2.27. The standard InChI is InChI=1S/C17H19NOS/c18-16-6-1-2-7-17(16)19-10-11-20-15-9-8-13-4-3-5-14(13)12-15/h1-2,6-9,12H,3-5,10-11,18H2. The van der Waals surface area contributed by atoms with E-state index in [4.69, 9.17) is 10.5 Å². The predicted octanol–water partition coefficient (Wildman–Crippen LogP) is 3.93. The van der Waals surface area contributed by atoms with Crippen LogP contribution in [-0.4, -0.2) is 12.4 Å². The highest BCUT2D eigenvalue weighted by molar-refractivity contribution is 7.99. The molecular formula is C17H19NOS. The zero-order valence-electron chi connectivity index (χ0n) is 11.5. The van der Waals surface area contributed by atoms with Crippen molar-refractivity contribution in [2.45, 2.75) is 24.2 Å². The largest absolute Gasteiger partial charge is 0.491 e. The van der Waals surface area contributed by atoms with E-state index >= 15 is 0 Å². The SMILES string of the molecule is Nc1ccccc1OCCSc1ccc2c(c1)CCC2. The monoisotopic (exact) mass is 285 g/mol. The minimum Gasteiger partial charge on any atom is -0.491 e. The van der Waals surface area contributed by atoms with Gasteiger partial charge in [-0.15, -0.1) is 11.8 Å². The third-order valence-corrected chi connectivity index (χ3v) is 4.56. The maximum absolute atomic E-state index is 5.84. The molecule has 0 amide bonds. The second-order valence-electron chi connectivity index (χ2n) is 5.02. The Morgan fingerprint density at radius 1 is 1.05 bits per heavy atom. The summed E-state index contributed by atoms with van der Waals surface area (Å²) >= 11 is 1.85. The van der Waals surface area contributed by atoms with Crippen LogP contribution in [0.3, 0.4) is 0 Å². The highest BCUT2D eigenvalue weighted by atomic mass is 32.2. The summed E-state index contributed by atoms with van der Waals surface area (Å²) in [4.78, 5) is 1.34. The molecule has 3 heteroatoms. The number of hydrogen-bond acceptors (Lipinski definition) is 3. The van der Waals surface area contributed by atoms with E-state index in [0.717, 1.165) is 11.5 Å². The van der Waals surface area contributed by atoms with Gasteiger partial charge in [-0.1, -0.05) is 18.2 Å². The topological polar surface area (TPSA) is 35.2 Å². The fraction of sp³-hybridized carbons (Fsp3) is 0.294. The molecule has 0 heterocycles. The molecule has 0 spiro atoms. The average Bonchev–Trinajstić information content (AvgIpc) is 2.93. The molecule has 0 aromatic heterocycles. The Kier molecular flexibility index (Phi) is 4.16. The van der Waals surface area contributed by atoms with Crippen molar-refractivity contribution in [2.24, 2.45) is 0 Å². The maximum Gasteiger partial charge on any atom is 0.142 e. The molecule has 1 aliphatic carbocycles. The van der Waals surface area contributed by atoms with Gasteiger partial charge in [0.2, 0.25) is 0 Å². The molecule has 2 aromatic carbocycles. The van der Waals surface area contributed by atoms with Gasteiger partial charge in [0.05, 0.1) is 12.3 Å². The number of thioether (sulfide) groups is 1. The smallest absolute Gasteiger partial charge is 0.142 e. The number of nitrogens with two attached hydrogens (primary N) is 1. The van der Waals surface area contributed by atoms with Crippen LogP contribution in [-0.2, 0) is 12.8 Å². The lowest BCUT2D eigenvalue weighted by Crippen LogP contribution is -2.02. The van der Waals surface area contributed by atoms with Crippen molar-refractivity contribution in [3.05, 3.63) is 53.6 Å². The van der Waals surface area contributed by atoms with E-state index in [9.17, 15) is 0 Å². The van der Waals surface area contributed by atoms with Gasteiger partial charge in [-0.2, -0.15) is 0 Å². The molecular weight excluding hydrogens is 266 g/mol. The minimum atomic E-state index is 0.677. The number of hydrogen-bond donors (Lipinski definition) is 1. The Morgan fingerprint density at radius 2 is 1.90 bits per heavy atom. The molecule has 20 heavy (non-hydrogen) atoms. The molecule has 0 fully saturated rings. The van der Waals surface area contributed by atoms with Crippen molar-refractivity contribution >= 4 is 17.4 Å². The van der Waals surface area contributed by atoms with Gasteiger partial charge in [0.25, 0.3) is 0 Å². The van der Waals surface area contributed by atoms with Crippen molar-refractivity contribution < 1.29 is 4.74 Å². The predicted molar refractivity (Wildman–Crippen MR) is 85.5 cm³/mol. The van der Waals surface area contributed by atoms with Crippen molar-refractivity contribution in [3.63, 3.8) is 0 Å². The van der Waals surface area contributed by atoms with Gasteiger partial charge in [0.15, 0.2) is 0 Å². The lowest BCUT2D eigenvalue weighted by Gasteiger charge is -2.09. The van der Waals surface area contributed by atoms with E-state index in [1.807, 2.05) is 36.0 Å². The molecule has 2 aromatic rings. The van der Waals surface area contributed by atoms with E-state index in [2.05, 4.69) is 18.2 Å². The third-order valence-electron chi connectivity index (χ3n) is 3.60. The van der Waals surface area contributed by atoms with E-state index in [1.165, 1.54) is 35.3 Å². The maximum atomic E-state index is 5.84. The van der Waals surface area contributed by atoms with Crippen LogP contribution in [0.1, 0.15) is 17.5 Å². The van der Waals surface area contributed by atoms with Gasteiger partial charge in [-0.05, 0) is 54.7 Å². The molecule has 0 saturated carbocycles. The molecule has 0 saturated heterocycles. The molecule has 0 atom stereocenters. The van der Waals surface area contributed by atoms with Crippen molar-refractivity contribution in [1.29, 1.82) is 0 Å². The normalized spacial score (nSPS) is 13.2. The number of rotatable bonds is 5. The molecule has 1 aliphatic rings. The quantitative estimate of drug-likeness (QED) is 0.513.